The number of amides is 1. The molecule has 0 spiro atoms. The summed E-state index contributed by atoms with van der Waals surface area (Å²) in [5.74, 6) is -1.35. The average Bonchev–Trinajstić information content (AvgIpc) is 3.52. The highest BCUT2D eigenvalue weighted by molar-refractivity contribution is 6.30. The molecule has 0 saturated heterocycles. The van der Waals surface area contributed by atoms with Gasteiger partial charge in [0, 0.05) is 30.0 Å². The Morgan fingerprint density at radius 3 is 2.54 bits per heavy atom. The van der Waals surface area contributed by atoms with E-state index in [1.165, 1.54) is 29.6 Å². The van der Waals surface area contributed by atoms with Crippen molar-refractivity contribution in [3.05, 3.63) is 117 Å². The SMILES string of the molecule is CCC(O)(c1cc(F)c2c(c1)C(=O)N(Cc1ccc(C#N)cn1)[C@@]2(OCCO)c1ccc(Cl)cc1)c1cn(C)cn1. The molecule has 1 unspecified atom stereocenters. The first-order chi connectivity index (χ1) is 19.7. The molecular formula is C30H27ClFN5O4. The van der Waals surface area contributed by atoms with E-state index in [9.17, 15) is 20.3 Å². The zero-order valence-electron chi connectivity index (χ0n) is 22.4. The number of nitrogens with zero attached hydrogens (tertiary/aromatic N) is 5. The maximum absolute atomic E-state index is 16.5. The molecule has 0 bridgehead atoms. The summed E-state index contributed by atoms with van der Waals surface area (Å²) in [6, 6.07) is 14.3. The van der Waals surface area contributed by atoms with Gasteiger partial charge in [0.05, 0.1) is 54.2 Å². The van der Waals surface area contributed by atoms with Crippen molar-refractivity contribution in [1.82, 2.24) is 19.4 Å². The molecule has 9 nitrogen and oxygen atoms in total. The number of nitriles is 1. The van der Waals surface area contributed by atoms with Crippen molar-refractivity contribution in [2.24, 2.45) is 7.05 Å². The number of aliphatic hydroxyl groups excluding tert-OH is 1. The minimum atomic E-state index is -1.80. The van der Waals surface area contributed by atoms with Crippen LogP contribution < -0.4 is 0 Å². The molecule has 2 atom stereocenters. The van der Waals surface area contributed by atoms with E-state index in [2.05, 4.69) is 9.97 Å². The first-order valence-corrected chi connectivity index (χ1v) is 13.3. The molecule has 0 fully saturated rings. The Balaban J connectivity index is 1.74. The maximum atomic E-state index is 16.5. The van der Waals surface area contributed by atoms with Crippen LogP contribution in [0.4, 0.5) is 4.39 Å². The van der Waals surface area contributed by atoms with Gasteiger partial charge in [-0.3, -0.25) is 14.7 Å². The standard InChI is InChI=1S/C30H27ClFN5O4/c1-3-29(40,26-17-36(2)18-35-26)21-12-24-27(25(32)13-21)30(41-11-10-38,20-5-7-22(31)8-6-20)37(28(24)39)16-23-9-4-19(14-33)15-34-23/h4-9,12-13,15,17-18,38,40H,3,10-11,16H2,1-2H3/t29?,30-/m1/s1. The number of carbonyl (C=O) groups is 1. The molecule has 2 aromatic heterocycles. The molecule has 2 aromatic carbocycles. The molecule has 0 radical (unpaired) electrons. The molecule has 2 N–H and O–H groups in total. The Bertz CT molecular complexity index is 1640. The van der Waals surface area contributed by atoms with Crippen LogP contribution in [0.1, 0.15) is 57.3 Å². The van der Waals surface area contributed by atoms with Gasteiger partial charge in [-0.1, -0.05) is 30.7 Å². The summed E-state index contributed by atoms with van der Waals surface area (Å²) in [5, 5.41) is 31.0. The lowest BCUT2D eigenvalue weighted by atomic mass is 9.84. The Labute approximate surface area is 241 Å². The highest BCUT2D eigenvalue weighted by Crippen LogP contribution is 2.49. The van der Waals surface area contributed by atoms with Gasteiger partial charge in [-0.25, -0.2) is 9.37 Å². The first-order valence-electron chi connectivity index (χ1n) is 12.9. The minimum Gasteiger partial charge on any atom is -0.394 e. The molecular weight excluding hydrogens is 549 g/mol. The zero-order valence-corrected chi connectivity index (χ0v) is 23.1. The Hall–Kier alpha value is -4.14. The molecule has 1 aliphatic rings. The van der Waals surface area contributed by atoms with Gasteiger partial charge in [-0.15, -0.1) is 0 Å². The fourth-order valence-electron chi connectivity index (χ4n) is 5.27. The van der Waals surface area contributed by atoms with Gasteiger partial charge in [0.15, 0.2) is 5.72 Å². The Morgan fingerprint density at radius 2 is 1.95 bits per heavy atom. The lowest BCUT2D eigenvalue weighted by Gasteiger charge is -2.39. The summed E-state index contributed by atoms with van der Waals surface area (Å²) < 4.78 is 24.4. The number of aromatic nitrogens is 3. The number of hydrogen-bond donors (Lipinski definition) is 2. The number of hydrogen-bond acceptors (Lipinski definition) is 7. The van der Waals surface area contributed by atoms with Crippen molar-refractivity contribution in [1.29, 1.82) is 5.26 Å². The largest absolute Gasteiger partial charge is 0.394 e. The smallest absolute Gasteiger partial charge is 0.257 e. The third-order valence-corrected chi connectivity index (χ3v) is 7.57. The van der Waals surface area contributed by atoms with Crippen molar-refractivity contribution in [2.75, 3.05) is 13.2 Å². The zero-order chi connectivity index (χ0) is 29.4. The highest BCUT2D eigenvalue weighted by atomic mass is 35.5. The van der Waals surface area contributed by atoms with Crippen LogP contribution in [0.2, 0.25) is 5.02 Å². The van der Waals surface area contributed by atoms with Gasteiger partial charge >= 0.3 is 0 Å². The van der Waals surface area contributed by atoms with Crippen LogP contribution in [0, 0.1) is 17.1 Å². The molecule has 4 aromatic rings. The van der Waals surface area contributed by atoms with Crippen LogP contribution in [0.3, 0.4) is 0 Å². The van der Waals surface area contributed by atoms with E-state index in [-0.39, 0.29) is 36.3 Å². The second-order valence-electron chi connectivity index (χ2n) is 9.78. The molecule has 0 aliphatic carbocycles. The Morgan fingerprint density at radius 1 is 1.20 bits per heavy atom. The van der Waals surface area contributed by atoms with E-state index in [0.717, 1.165) is 0 Å². The maximum Gasteiger partial charge on any atom is 0.257 e. The topological polar surface area (TPSA) is 125 Å². The van der Waals surface area contributed by atoms with Crippen LogP contribution in [0.15, 0.2) is 67.3 Å². The second-order valence-corrected chi connectivity index (χ2v) is 10.2. The normalized spacial score (nSPS) is 17.8. The van der Waals surface area contributed by atoms with E-state index in [0.29, 0.717) is 27.5 Å². The molecule has 1 amide bonds. The van der Waals surface area contributed by atoms with E-state index < -0.39 is 29.7 Å². The number of aryl methyl sites for hydroxylation is 1. The van der Waals surface area contributed by atoms with E-state index >= 15 is 4.39 Å². The number of carbonyl (C=O) groups excluding carboxylic acids is 1. The van der Waals surface area contributed by atoms with Crippen molar-refractivity contribution < 1.29 is 24.1 Å². The second kappa shape index (κ2) is 11.0. The first kappa shape index (κ1) is 28.4. The fourth-order valence-corrected chi connectivity index (χ4v) is 5.40. The average molecular weight is 576 g/mol. The molecule has 0 saturated carbocycles. The third-order valence-electron chi connectivity index (χ3n) is 7.31. The Kier molecular flexibility index (Phi) is 7.64. The number of fused-ring (bicyclic) bond motifs is 1. The van der Waals surface area contributed by atoms with E-state index in [4.69, 9.17) is 16.3 Å². The summed E-state index contributed by atoms with van der Waals surface area (Å²) in [6.07, 6.45) is 4.72. The van der Waals surface area contributed by atoms with Crippen molar-refractivity contribution in [3.63, 3.8) is 0 Å². The summed E-state index contributed by atoms with van der Waals surface area (Å²) >= 11 is 6.16. The van der Waals surface area contributed by atoms with Crippen LogP contribution in [0.25, 0.3) is 0 Å². The summed E-state index contributed by atoms with van der Waals surface area (Å²) in [4.78, 5) is 24.1. The van der Waals surface area contributed by atoms with Gasteiger partial charge < -0.3 is 19.5 Å². The van der Waals surface area contributed by atoms with Gasteiger partial charge in [0.1, 0.15) is 17.5 Å². The summed E-state index contributed by atoms with van der Waals surface area (Å²) in [7, 11) is 1.76. The predicted molar refractivity (Wildman–Crippen MR) is 147 cm³/mol. The monoisotopic (exact) mass is 575 g/mol. The number of ether oxygens (including phenoxy) is 1. The number of imidazole rings is 1. The van der Waals surface area contributed by atoms with Gasteiger partial charge in [-0.05, 0) is 48.4 Å². The van der Waals surface area contributed by atoms with Crippen molar-refractivity contribution in [3.8, 4) is 6.07 Å². The third kappa shape index (κ3) is 4.77. The fraction of sp³-hybridized carbons (Fsp3) is 0.267. The molecule has 1 aliphatic heterocycles. The minimum absolute atomic E-state index is 0.00987. The summed E-state index contributed by atoms with van der Waals surface area (Å²) in [5.41, 5.74) is -1.90. The van der Waals surface area contributed by atoms with Gasteiger partial charge in [-0.2, -0.15) is 5.26 Å². The predicted octanol–water partition coefficient (Wildman–Crippen LogP) is 3.99. The molecule has 210 valence electrons. The highest BCUT2D eigenvalue weighted by Gasteiger charge is 2.55. The molecule has 41 heavy (non-hydrogen) atoms. The van der Waals surface area contributed by atoms with Crippen LogP contribution in [-0.2, 0) is 29.7 Å². The molecule has 3 heterocycles. The van der Waals surface area contributed by atoms with E-state index in [1.807, 2.05) is 6.07 Å². The van der Waals surface area contributed by atoms with Crippen LogP contribution in [-0.4, -0.2) is 48.8 Å². The number of rotatable bonds is 9. The summed E-state index contributed by atoms with van der Waals surface area (Å²) in [6.45, 7) is 1.02. The van der Waals surface area contributed by atoms with Gasteiger partial charge in [0.2, 0.25) is 0 Å². The molecule has 11 heteroatoms. The lowest BCUT2D eigenvalue weighted by molar-refractivity contribution is -0.120. The number of pyridine rings is 1. The van der Waals surface area contributed by atoms with Crippen molar-refractivity contribution >= 4 is 17.5 Å². The number of aliphatic hydroxyl groups is 2. The molecule has 5 rings (SSSR count). The van der Waals surface area contributed by atoms with Crippen LogP contribution >= 0.6 is 11.6 Å². The van der Waals surface area contributed by atoms with Gasteiger partial charge in [0.25, 0.3) is 5.91 Å². The van der Waals surface area contributed by atoms with Crippen molar-refractivity contribution in [2.45, 2.75) is 31.2 Å². The quantitative estimate of drug-likeness (QED) is 0.309. The van der Waals surface area contributed by atoms with E-state index in [1.54, 1.807) is 61.1 Å². The number of halogens is 2. The number of benzene rings is 2. The van der Waals surface area contributed by atoms with Crippen LogP contribution in [0.5, 0.6) is 0 Å². The lowest BCUT2D eigenvalue weighted by Crippen LogP contribution is -2.47.